The van der Waals surface area contributed by atoms with Gasteiger partial charge in [0.25, 0.3) is 0 Å². The van der Waals surface area contributed by atoms with Gasteiger partial charge in [-0.2, -0.15) is 0 Å². The third-order valence-electron chi connectivity index (χ3n) is 11.3. The van der Waals surface area contributed by atoms with E-state index in [1.807, 2.05) is 91.3 Å². The zero-order valence-electron chi connectivity index (χ0n) is 34.1. The molecule has 0 unspecified atom stereocenters. The molecule has 10 rings (SSSR count). The average molecular weight is 854 g/mol. The van der Waals surface area contributed by atoms with Gasteiger partial charge in [-0.15, -0.1) is 20.4 Å². The standard InChI is InChI=1S/C48H41ClFN13/c49-38-12-16-40(17-13-38)55-42-30-44(57-59-46(42)34-6-2-1-3-7-34)61-22-26-63(27-23-61)48-53-31-37(32-54-48)35-8-4-9-36(28-35)45-41(33-10-14-39(50)15-11-33)29-43(56-58-45)60-20-24-62(25-21-60)47-51-18-5-19-52-47/h1-19,28-32H,20-27H2,(H,55,57). The summed E-state index contributed by atoms with van der Waals surface area (Å²) in [5.41, 5.74) is 8.63. The van der Waals surface area contributed by atoms with E-state index in [4.69, 9.17) is 36.9 Å². The van der Waals surface area contributed by atoms with Crippen molar-refractivity contribution in [3.63, 3.8) is 0 Å². The van der Waals surface area contributed by atoms with Gasteiger partial charge < -0.3 is 24.9 Å². The lowest BCUT2D eigenvalue weighted by Gasteiger charge is -2.35. The zero-order valence-corrected chi connectivity index (χ0v) is 34.9. The number of hydrogen-bond donors (Lipinski definition) is 1. The lowest BCUT2D eigenvalue weighted by atomic mass is 9.97. The summed E-state index contributed by atoms with van der Waals surface area (Å²) in [6, 6.07) is 38.2. The molecule has 0 atom stereocenters. The number of rotatable bonds is 10. The van der Waals surface area contributed by atoms with E-state index in [0.717, 1.165) is 120 Å². The Labute approximate surface area is 368 Å². The molecule has 4 aromatic carbocycles. The Morgan fingerprint density at radius 1 is 0.460 bits per heavy atom. The van der Waals surface area contributed by atoms with Crippen molar-refractivity contribution in [2.75, 3.05) is 77.3 Å². The Kier molecular flexibility index (Phi) is 11.2. The van der Waals surface area contributed by atoms with Crippen molar-refractivity contribution < 1.29 is 4.39 Å². The second kappa shape index (κ2) is 17.8. The number of anilines is 6. The van der Waals surface area contributed by atoms with Crippen LogP contribution >= 0.6 is 11.6 Å². The summed E-state index contributed by atoms with van der Waals surface area (Å²) in [7, 11) is 0. The highest BCUT2D eigenvalue weighted by molar-refractivity contribution is 6.30. The monoisotopic (exact) mass is 853 g/mol. The minimum absolute atomic E-state index is 0.297. The Balaban J connectivity index is 0.840. The van der Waals surface area contributed by atoms with Crippen molar-refractivity contribution in [2.24, 2.45) is 0 Å². The van der Waals surface area contributed by atoms with Gasteiger partial charge >= 0.3 is 0 Å². The molecule has 2 aliphatic rings. The number of benzene rings is 4. The lowest BCUT2D eigenvalue weighted by Crippen LogP contribution is -2.47. The Bertz CT molecular complexity index is 2800. The van der Waals surface area contributed by atoms with E-state index in [-0.39, 0.29) is 5.82 Å². The topological polar surface area (TPSA) is 128 Å². The van der Waals surface area contributed by atoms with Crippen molar-refractivity contribution in [1.29, 1.82) is 0 Å². The molecule has 0 spiro atoms. The molecule has 0 aliphatic carbocycles. The largest absolute Gasteiger partial charge is 0.354 e. The first-order valence-electron chi connectivity index (χ1n) is 20.8. The zero-order chi connectivity index (χ0) is 42.5. The lowest BCUT2D eigenvalue weighted by molar-refractivity contribution is 0.628. The fourth-order valence-electron chi connectivity index (χ4n) is 7.93. The molecular formula is C48H41ClFN13. The summed E-state index contributed by atoms with van der Waals surface area (Å²) in [5, 5.41) is 23.1. The van der Waals surface area contributed by atoms with Crippen LogP contribution in [0, 0.1) is 5.82 Å². The predicted octanol–water partition coefficient (Wildman–Crippen LogP) is 8.70. The van der Waals surface area contributed by atoms with Crippen molar-refractivity contribution in [1.82, 2.24) is 40.3 Å². The number of aromatic nitrogens is 8. The summed E-state index contributed by atoms with van der Waals surface area (Å²) in [4.78, 5) is 27.3. The van der Waals surface area contributed by atoms with Crippen LogP contribution in [0.25, 0.3) is 44.8 Å². The van der Waals surface area contributed by atoms with Gasteiger partial charge in [-0.25, -0.2) is 24.3 Å². The molecule has 4 aromatic heterocycles. The van der Waals surface area contributed by atoms with Crippen LogP contribution in [-0.2, 0) is 0 Å². The summed E-state index contributed by atoms with van der Waals surface area (Å²) in [6.45, 7) is 5.86. The molecule has 2 saturated heterocycles. The van der Waals surface area contributed by atoms with Crippen molar-refractivity contribution in [3.05, 3.63) is 157 Å². The van der Waals surface area contributed by atoms with Crippen LogP contribution in [-0.4, -0.2) is 92.7 Å². The second-order valence-corrected chi connectivity index (χ2v) is 15.7. The van der Waals surface area contributed by atoms with E-state index in [0.29, 0.717) is 16.7 Å². The van der Waals surface area contributed by atoms with E-state index < -0.39 is 0 Å². The normalized spacial score (nSPS) is 14.2. The van der Waals surface area contributed by atoms with Crippen LogP contribution in [0.5, 0.6) is 0 Å². The Hall–Kier alpha value is -7.58. The molecule has 0 bridgehead atoms. The number of nitrogens with one attached hydrogen (secondary N) is 1. The van der Waals surface area contributed by atoms with E-state index >= 15 is 0 Å². The highest BCUT2D eigenvalue weighted by Gasteiger charge is 2.24. The van der Waals surface area contributed by atoms with E-state index in [9.17, 15) is 4.39 Å². The van der Waals surface area contributed by atoms with Crippen molar-refractivity contribution in [2.45, 2.75) is 0 Å². The number of hydrogen-bond acceptors (Lipinski definition) is 13. The highest BCUT2D eigenvalue weighted by Crippen LogP contribution is 2.36. The minimum atomic E-state index is -0.297. The number of halogens is 2. The van der Waals surface area contributed by atoms with Gasteiger partial charge in [0, 0.05) is 116 Å². The van der Waals surface area contributed by atoms with E-state index in [2.05, 4.69) is 58.2 Å². The fourth-order valence-corrected chi connectivity index (χ4v) is 8.06. The maximum absolute atomic E-state index is 14.1. The van der Waals surface area contributed by atoms with Crippen LogP contribution in [0.15, 0.2) is 146 Å². The van der Waals surface area contributed by atoms with Gasteiger partial charge in [0.15, 0.2) is 11.6 Å². The third-order valence-corrected chi connectivity index (χ3v) is 11.6. The van der Waals surface area contributed by atoms with E-state index in [1.54, 1.807) is 24.5 Å². The third kappa shape index (κ3) is 8.79. The summed E-state index contributed by atoms with van der Waals surface area (Å²) in [6.07, 6.45) is 7.25. The maximum atomic E-state index is 14.1. The molecule has 0 saturated carbocycles. The van der Waals surface area contributed by atoms with Crippen LogP contribution in [0.4, 0.5) is 39.3 Å². The van der Waals surface area contributed by atoms with Gasteiger partial charge in [-0.1, -0.05) is 72.3 Å². The second-order valence-electron chi connectivity index (χ2n) is 15.3. The first-order valence-corrected chi connectivity index (χ1v) is 21.2. The van der Waals surface area contributed by atoms with Gasteiger partial charge in [0.2, 0.25) is 11.9 Å². The predicted molar refractivity (Wildman–Crippen MR) is 247 cm³/mol. The summed E-state index contributed by atoms with van der Waals surface area (Å²) < 4.78 is 14.1. The molecule has 2 aliphatic heterocycles. The molecule has 8 aromatic rings. The molecule has 2 fully saturated rings. The van der Waals surface area contributed by atoms with Gasteiger partial charge in [-0.05, 0) is 65.7 Å². The smallest absolute Gasteiger partial charge is 0.225 e. The van der Waals surface area contributed by atoms with Crippen LogP contribution in [0.2, 0.25) is 5.02 Å². The van der Waals surface area contributed by atoms with Gasteiger partial charge in [-0.3, -0.25) is 0 Å². The first-order chi connectivity index (χ1) is 31.0. The molecule has 15 heteroatoms. The first kappa shape index (κ1) is 39.5. The summed E-state index contributed by atoms with van der Waals surface area (Å²) >= 11 is 6.16. The van der Waals surface area contributed by atoms with Crippen LogP contribution in [0.3, 0.4) is 0 Å². The molecule has 0 radical (unpaired) electrons. The SMILES string of the molecule is Fc1ccc(-c2cc(N3CCN(c4ncccn4)CC3)nnc2-c2cccc(-c3cnc(N4CCN(c5cc(Nc6ccc(Cl)cc6)c(-c6ccccc6)nn5)CC4)nc3)c2)cc1. The Morgan fingerprint density at radius 3 is 1.70 bits per heavy atom. The quantitative estimate of drug-likeness (QED) is 0.141. The molecule has 312 valence electrons. The number of piperazine rings is 2. The molecule has 63 heavy (non-hydrogen) atoms. The molecule has 0 amide bonds. The van der Waals surface area contributed by atoms with Crippen LogP contribution < -0.4 is 24.9 Å². The molecule has 1 N–H and O–H groups in total. The van der Waals surface area contributed by atoms with Crippen LogP contribution in [0.1, 0.15) is 0 Å². The van der Waals surface area contributed by atoms with Crippen molar-refractivity contribution >= 4 is 46.5 Å². The van der Waals surface area contributed by atoms with Crippen molar-refractivity contribution in [3.8, 4) is 44.8 Å². The summed E-state index contributed by atoms with van der Waals surface area (Å²) in [5.74, 6) is 2.65. The molecule has 6 heterocycles. The molecular weight excluding hydrogens is 813 g/mol. The maximum Gasteiger partial charge on any atom is 0.225 e. The van der Waals surface area contributed by atoms with E-state index in [1.165, 1.54) is 12.1 Å². The van der Waals surface area contributed by atoms with Gasteiger partial charge in [0.1, 0.15) is 17.2 Å². The highest BCUT2D eigenvalue weighted by atomic mass is 35.5. The number of nitrogens with zero attached hydrogens (tertiary/aromatic N) is 12. The average Bonchev–Trinajstić information content (AvgIpc) is 3.35. The Morgan fingerprint density at radius 2 is 1.03 bits per heavy atom. The molecule has 13 nitrogen and oxygen atoms in total. The fraction of sp³-hybridized carbons (Fsp3) is 0.167. The van der Waals surface area contributed by atoms with Gasteiger partial charge in [0.05, 0.1) is 5.69 Å². The minimum Gasteiger partial charge on any atom is -0.354 e.